The van der Waals surface area contributed by atoms with Crippen molar-refractivity contribution in [3.05, 3.63) is 23.9 Å². The van der Waals surface area contributed by atoms with E-state index in [1.165, 1.54) is 6.20 Å². The monoisotopic (exact) mass is 333 g/mol. The largest absolute Gasteiger partial charge is 0.480 e. The summed E-state index contributed by atoms with van der Waals surface area (Å²) in [6.07, 6.45) is 5.95. The Labute approximate surface area is 143 Å². The highest BCUT2D eigenvalue weighted by molar-refractivity contribution is 5.94. The Bertz CT molecular complexity index is 551. The molecule has 0 aliphatic carbocycles. The van der Waals surface area contributed by atoms with Gasteiger partial charge in [0.15, 0.2) is 0 Å². The van der Waals surface area contributed by atoms with Gasteiger partial charge in [-0.25, -0.2) is 9.78 Å². The van der Waals surface area contributed by atoms with E-state index >= 15 is 0 Å². The van der Waals surface area contributed by atoms with Crippen LogP contribution in [0.15, 0.2) is 18.3 Å². The fraction of sp³-hybridized carbons (Fsp3) is 0.611. The maximum absolute atomic E-state index is 12.5. The minimum absolute atomic E-state index is 0.00159. The average molecular weight is 333 g/mol. The topological polar surface area (TPSA) is 82.5 Å². The predicted molar refractivity (Wildman–Crippen MR) is 93.1 cm³/mol. The Kier molecular flexibility index (Phi) is 6.58. The number of aromatic nitrogens is 1. The zero-order valence-corrected chi connectivity index (χ0v) is 14.5. The van der Waals surface area contributed by atoms with Crippen LogP contribution >= 0.6 is 0 Å². The summed E-state index contributed by atoms with van der Waals surface area (Å²) in [6, 6.07) is 2.75. The van der Waals surface area contributed by atoms with Gasteiger partial charge in [-0.2, -0.15) is 0 Å². The highest BCUT2D eigenvalue weighted by Crippen LogP contribution is 2.18. The van der Waals surface area contributed by atoms with Gasteiger partial charge in [0, 0.05) is 19.3 Å². The normalized spacial score (nSPS) is 16.7. The lowest BCUT2D eigenvalue weighted by atomic mass is 9.99. The quantitative estimate of drug-likeness (QED) is 0.801. The number of hydrogen-bond donors (Lipinski definition) is 2. The molecule has 0 radical (unpaired) electrons. The summed E-state index contributed by atoms with van der Waals surface area (Å²) in [5, 5.41) is 12.2. The Morgan fingerprint density at radius 2 is 2.08 bits per heavy atom. The lowest BCUT2D eigenvalue weighted by Gasteiger charge is -2.30. The van der Waals surface area contributed by atoms with Gasteiger partial charge in [0.25, 0.3) is 5.91 Å². The zero-order valence-electron chi connectivity index (χ0n) is 14.5. The van der Waals surface area contributed by atoms with E-state index in [2.05, 4.69) is 17.2 Å². The van der Waals surface area contributed by atoms with Crippen molar-refractivity contribution in [3.8, 4) is 0 Å². The number of pyridine rings is 1. The fourth-order valence-electron chi connectivity index (χ4n) is 2.84. The van der Waals surface area contributed by atoms with Crippen LogP contribution < -0.4 is 5.32 Å². The number of carbonyl (C=O) groups is 2. The molecular weight excluding hydrogens is 306 g/mol. The van der Waals surface area contributed by atoms with Crippen molar-refractivity contribution in [1.29, 1.82) is 0 Å². The van der Waals surface area contributed by atoms with Crippen LogP contribution in [0.25, 0.3) is 0 Å². The Hall–Kier alpha value is -2.11. The molecule has 2 rings (SSSR count). The number of anilines is 1. The van der Waals surface area contributed by atoms with Crippen molar-refractivity contribution in [3.63, 3.8) is 0 Å². The molecular formula is C18H27N3O3. The van der Waals surface area contributed by atoms with Gasteiger partial charge >= 0.3 is 5.97 Å². The van der Waals surface area contributed by atoms with Gasteiger partial charge in [-0.15, -0.1) is 0 Å². The number of likely N-dealkylation sites (tertiary alicyclic amines) is 1. The maximum atomic E-state index is 12.5. The van der Waals surface area contributed by atoms with Crippen molar-refractivity contribution in [1.82, 2.24) is 9.88 Å². The molecule has 2 N–H and O–H groups in total. The molecule has 1 aromatic heterocycles. The van der Waals surface area contributed by atoms with Crippen LogP contribution in [0.1, 0.15) is 56.3 Å². The number of aliphatic carboxylic acids is 1. The summed E-state index contributed by atoms with van der Waals surface area (Å²) in [5.74, 6) is 0.284. The second-order valence-corrected chi connectivity index (χ2v) is 6.58. The van der Waals surface area contributed by atoms with Crippen LogP contribution in [0.4, 0.5) is 5.82 Å². The first-order valence-electron chi connectivity index (χ1n) is 8.76. The highest BCUT2D eigenvalue weighted by Gasteiger charge is 2.22. The van der Waals surface area contributed by atoms with Crippen molar-refractivity contribution in [2.45, 2.75) is 52.0 Å². The molecule has 1 atom stereocenters. The molecule has 0 bridgehead atoms. The first-order valence-corrected chi connectivity index (χ1v) is 8.76. The van der Waals surface area contributed by atoms with Gasteiger partial charge in [0.05, 0.1) is 5.56 Å². The van der Waals surface area contributed by atoms with E-state index in [0.717, 1.165) is 38.8 Å². The number of carboxylic acids is 1. The number of piperidine rings is 1. The molecule has 24 heavy (non-hydrogen) atoms. The van der Waals surface area contributed by atoms with Crippen LogP contribution in [-0.2, 0) is 4.79 Å². The number of nitrogens with one attached hydrogen (secondary N) is 1. The van der Waals surface area contributed by atoms with Gasteiger partial charge in [-0.1, -0.05) is 26.7 Å². The second-order valence-electron chi connectivity index (χ2n) is 6.58. The van der Waals surface area contributed by atoms with Gasteiger partial charge < -0.3 is 15.3 Å². The molecule has 1 aliphatic heterocycles. The minimum Gasteiger partial charge on any atom is -0.480 e. The first-order chi connectivity index (χ1) is 11.5. The molecule has 1 amide bonds. The molecule has 1 aromatic rings. The molecule has 6 heteroatoms. The van der Waals surface area contributed by atoms with Gasteiger partial charge in [-0.3, -0.25) is 4.79 Å². The Balaban J connectivity index is 1.96. The van der Waals surface area contributed by atoms with E-state index in [1.54, 1.807) is 12.1 Å². The number of carbonyl (C=O) groups excluding carboxylic acids is 1. The number of amides is 1. The third-order valence-electron chi connectivity index (χ3n) is 4.55. The molecule has 6 nitrogen and oxygen atoms in total. The summed E-state index contributed by atoms with van der Waals surface area (Å²) in [6.45, 7) is 5.82. The predicted octanol–water partition coefficient (Wildman–Crippen LogP) is 3.01. The Morgan fingerprint density at radius 3 is 2.62 bits per heavy atom. The number of carboxylic acid groups (broad SMARTS) is 1. The lowest BCUT2D eigenvalue weighted by molar-refractivity contribution is -0.138. The summed E-state index contributed by atoms with van der Waals surface area (Å²) >= 11 is 0. The smallest absolute Gasteiger partial charge is 0.326 e. The van der Waals surface area contributed by atoms with E-state index in [1.807, 2.05) is 11.8 Å². The highest BCUT2D eigenvalue weighted by atomic mass is 16.4. The second kappa shape index (κ2) is 8.66. The standard InChI is InChI=1S/C18H27N3O3/c1-3-4-5-15(18(23)24)20-16-7-6-14(12-19-16)17(22)21-10-8-13(2)9-11-21/h6-7,12-13,15H,3-5,8-11H2,1-2H3,(H,19,20)(H,23,24)/t15-/m0/s1. The van der Waals surface area contributed by atoms with Crippen molar-refractivity contribution in [2.24, 2.45) is 5.92 Å². The van der Waals surface area contributed by atoms with Gasteiger partial charge in [0.1, 0.15) is 11.9 Å². The van der Waals surface area contributed by atoms with Crippen LogP contribution in [0.5, 0.6) is 0 Å². The van der Waals surface area contributed by atoms with E-state index in [9.17, 15) is 14.7 Å². The fourth-order valence-corrected chi connectivity index (χ4v) is 2.84. The van der Waals surface area contributed by atoms with Crippen LogP contribution in [0.2, 0.25) is 0 Å². The molecule has 0 unspecified atom stereocenters. The van der Waals surface area contributed by atoms with Crippen LogP contribution in [-0.4, -0.2) is 46.0 Å². The Morgan fingerprint density at radius 1 is 1.38 bits per heavy atom. The number of rotatable bonds is 7. The van der Waals surface area contributed by atoms with Gasteiger partial charge in [0.2, 0.25) is 0 Å². The molecule has 1 saturated heterocycles. The SMILES string of the molecule is CCCC[C@H](Nc1ccc(C(=O)N2CCC(C)CC2)cn1)C(=O)O. The van der Waals surface area contributed by atoms with Crippen molar-refractivity contribution < 1.29 is 14.7 Å². The van der Waals surface area contributed by atoms with Crippen molar-refractivity contribution >= 4 is 17.7 Å². The minimum atomic E-state index is -0.882. The molecule has 0 spiro atoms. The first kappa shape index (κ1) is 18.2. The van der Waals surface area contributed by atoms with Crippen molar-refractivity contribution in [2.75, 3.05) is 18.4 Å². The molecule has 0 saturated carbocycles. The summed E-state index contributed by atoms with van der Waals surface area (Å²) in [7, 11) is 0. The summed E-state index contributed by atoms with van der Waals surface area (Å²) in [5.41, 5.74) is 0.551. The zero-order chi connectivity index (χ0) is 17.5. The third kappa shape index (κ3) is 4.94. The number of unbranched alkanes of at least 4 members (excludes halogenated alkanes) is 1. The molecule has 2 heterocycles. The molecule has 0 aromatic carbocycles. The summed E-state index contributed by atoms with van der Waals surface area (Å²) < 4.78 is 0. The summed E-state index contributed by atoms with van der Waals surface area (Å²) in [4.78, 5) is 29.8. The van der Waals surface area contributed by atoms with E-state index < -0.39 is 12.0 Å². The van der Waals surface area contributed by atoms with Crippen LogP contribution in [0.3, 0.4) is 0 Å². The molecule has 1 aliphatic rings. The third-order valence-corrected chi connectivity index (χ3v) is 4.55. The van der Waals surface area contributed by atoms with Gasteiger partial charge in [-0.05, 0) is 37.3 Å². The van der Waals surface area contributed by atoms with E-state index in [0.29, 0.717) is 23.7 Å². The van der Waals surface area contributed by atoms with E-state index in [-0.39, 0.29) is 5.91 Å². The molecule has 132 valence electrons. The lowest BCUT2D eigenvalue weighted by Crippen LogP contribution is -2.38. The van der Waals surface area contributed by atoms with Crippen LogP contribution in [0, 0.1) is 5.92 Å². The average Bonchev–Trinajstić information content (AvgIpc) is 2.59. The number of hydrogen-bond acceptors (Lipinski definition) is 4. The van der Waals surface area contributed by atoms with E-state index in [4.69, 9.17) is 0 Å². The number of nitrogens with zero attached hydrogens (tertiary/aromatic N) is 2. The maximum Gasteiger partial charge on any atom is 0.326 e. The molecule has 1 fully saturated rings.